The summed E-state index contributed by atoms with van der Waals surface area (Å²) in [5.41, 5.74) is 6.39. The SMILES string of the molecule is NCCCN(Cc1cccnc1)S(=O)(=O)N1CCOCC1. The van der Waals surface area contributed by atoms with Gasteiger partial charge in [0, 0.05) is 38.6 Å². The van der Waals surface area contributed by atoms with Crippen LogP contribution >= 0.6 is 0 Å². The molecule has 2 rings (SSSR count). The Labute approximate surface area is 125 Å². The molecule has 0 saturated carbocycles. The number of nitrogens with two attached hydrogens (primary N) is 1. The van der Waals surface area contributed by atoms with Gasteiger partial charge < -0.3 is 10.5 Å². The molecule has 1 aromatic heterocycles. The average molecular weight is 314 g/mol. The first-order valence-corrected chi connectivity index (χ1v) is 8.46. The maximum absolute atomic E-state index is 12.7. The summed E-state index contributed by atoms with van der Waals surface area (Å²) in [4.78, 5) is 4.03. The van der Waals surface area contributed by atoms with Crippen LogP contribution in [0.2, 0.25) is 0 Å². The first kappa shape index (κ1) is 16.3. The second-order valence-corrected chi connectivity index (χ2v) is 6.78. The van der Waals surface area contributed by atoms with Crippen LogP contribution in [0, 0.1) is 0 Å². The van der Waals surface area contributed by atoms with Crippen LogP contribution in [-0.2, 0) is 21.5 Å². The van der Waals surface area contributed by atoms with E-state index in [0.29, 0.717) is 52.4 Å². The van der Waals surface area contributed by atoms with Crippen molar-refractivity contribution in [3.8, 4) is 0 Å². The lowest BCUT2D eigenvalue weighted by atomic mass is 10.3. The second-order valence-electron chi connectivity index (χ2n) is 4.86. The highest BCUT2D eigenvalue weighted by Gasteiger charge is 2.30. The third-order valence-electron chi connectivity index (χ3n) is 3.32. The van der Waals surface area contributed by atoms with Crippen LogP contribution in [0.4, 0.5) is 0 Å². The topological polar surface area (TPSA) is 88.8 Å². The highest BCUT2D eigenvalue weighted by molar-refractivity contribution is 7.86. The third-order valence-corrected chi connectivity index (χ3v) is 5.30. The molecular weight excluding hydrogens is 292 g/mol. The van der Waals surface area contributed by atoms with Crippen molar-refractivity contribution in [1.82, 2.24) is 13.6 Å². The number of hydrogen-bond donors (Lipinski definition) is 1. The summed E-state index contributed by atoms with van der Waals surface area (Å²) in [6.45, 7) is 2.86. The lowest BCUT2D eigenvalue weighted by molar-refractivity contribution is 0.0700. The van der Waals surface area contributed by atoms with Gasteiger partial charge in [-0.25, -0.2) is 0 Å². The van der Waals surface area contributed by atoms with Crippen LogP contribution in [0.15, 0.2) is 24.5 Å². The van der Waals surface area contributed by atoms with Crippen molar-refractivity contribution in [2.75, 3.05) is 39.4 Å². The minimum Gasteiger partial charge on any atom is -0.379 e. The van der Waals surface area contributed by atoms with Gasteiger partial charge in [-0.3, -0.25) is 4.98 Å². The van der Waals surface area contributed by atoms with E-state index in [0.717, 1.165) is 5.56 Å². The van der Waals surface area contributed by atoms with E-state index in [1.807, 2.05) is 6.07 Å². The van der Waals surface area contributed by atoms with Crippen molar-refractivity contribution < 1.29 is 13.2 Å². The number of nitrogens with zero attached hydrogens (tertiary/aromatic N) is 3. The maximum atomic E-state index is 12.7. The number of aromatic nitrogens is 1. The van der Waals surface area contributed by atoms with Crippen molar-refractivity contribution >= 4 is 10.2 Å². The molecule has 1 fully saturated rings. The zero-order valence-corrected chi connectivity index (χ0v) is 12.8. The summed E-state index contributed by atoms with van der Waals surface area (Å²) < 4.78 is 33.6. The Morgan fingerprint density at radius 2 is 2.14 bits per heavy atom. The van der Waals surface area contributed by atoms with Crippen LogP contribution < -0.4 is 5.73 Å². The molecule has 8 heteroatoms. The number of pyridine rings is 1. The van der Waals surface area contributed by atoms with Gasteiger partial charge in [0.05, 0.1) is 13.2 Å². The molecule has 7 nitrogen and oxygen atoms in total. The zero-order chi connectivity index (χ0) is 15.1. The van der Waals surface area contributed by atoms with E-state index < -0.39 is 10.2 Å². The first-order valence-electron chi connectivity index (χ1n) is 7.06. The van der Waals surface area contributed by atoms with Gasteiger partial charge in [-0.05, 0) is 24.6 Å². The Balaban J connectivity index is 2.13. The zero-order valence-electron chi connectivity index (χ0n) is 12.0. The van der Waals surface area contributed by atoms with Crippen LogP contribution in [0.3, 0.4) is 0 Å². The Bertz CT molecular complexity index is 517. The first-order chi connectivity index (χ1) is 10.1. The van der Waals surface area contributed by atoms with Gasteiger partial charge in [-0.2, -0.15) is 17.0 Å². The molecule has 0 amide bonds. The molecule has 0 unspecified atom stereocenters. The normalized spacial score (nSPS) is 17.2. The van der Waals surface area contributed by atoms with Gasteiger partial charge in [-0.15, -0.1) is 0 Å². The van der Waals surface area contributed by atoms with Crippen molar-refractivity contribution in [2.45, 2.75) is 13.0 Å². The number of rotatable bonds is 7. The fourth-order valence-corrected chi connectivity index (χ4v) is 3.79. The molecule has 118 valence electrons. The smallest absolute Gasteiger partial charge is 0.282 e. The fraction of sp³-hybridized carbons (Fsp3) is 0.615. The third kappa shape index (κ3) is 4.45. The van der Waals surface area contributed by atoms with Gasteiger partial charge in [0.15, 0.2) is 0 Å². The van der Waals surface area contributed by atoms with Crippen LogP contribution in [0.5, 0.6) is 0 Å². The molecule has 0 atom stereocenters. The van der Waals surface area contributed by atoms with E-state index in [4.69, 9.17) is 10.5 Å². The Morgan fingerprint density at radius 1 is 1.38 bits per heavy atom. The maximum Gasteiger partial charge on any atom is 0.282 e. The molecule has 0 aliphatic carbocycles. The molecule has 0 bridgehead atoms. The van der Waals surface area contributed by atoms with Crippen molar-refractivity contribution in [2.24, 2.45) is 5.73 Å². The molecule has 0 radical (unpaired) electrons. The van der Waals surface area contributed by atoms with Crippen molar-refractivity contribution in [3.63, 3.8) is 0 Å². The molecule has 1 aliphatic heterocycles. The molecule has 1 aromatic rings. The molecule has 0 aromatic carbocycles. The van der Waals surface area contributed by atoms with Gasteiger partial charge in [-0.1, -0.05) is 6.07 Å². The lowest BCUT2D eigenvalue weighted by Crippen LogP contribution is -2.48. The number of ether oxygens (including phenoxy) is 1. The average Bonchev–Trinajstić information content (AvgIpc) is 2.53. The molecule has 0 spiro atoms. The summed E-state index contributed by atoms with van der Waals surface area (Å²) in [6, 6.07) is 3.68. The second kappa shape index (κ2) is 7.81. The Morgan fingerprint density at radius 3 is 2.76 bits per heavy atom. The van der Waals surface area contributed by atoms with E-state index in [2.05, 4.69) is 4.98 Å². The van der Waals surface area contributed by atoms with E-state index in [1.165, 1.54) is 8.61 Å². The molecule has 21 heavy (non-hydrogen) atoms. The molecule has 1 saturated heterocycles. The highest BCUT2D eigenvalue weighted by Crippen LogP contribution is 2.15. The van der Waals surface area contributed by atoms with Crippen molar-refractivity contribution in [1.29, 1.82) is 0 Å². The van der Waals surface area contributed by atoms with Crippen LogP contribution in [-0.4, -0.2) is 61.4 Å². The summed E-state index contributed by atoms with van der Waals surface area (Å²) in [6.07, 6.45) is 3.98. The summed E-state index contributed by atoms with van der Waals surface area (Å²) in [5, 5.41) is 0. The Hall–Kier alpha value is -1.06. The highest BCUT2D eigenvalue weighted by atomic mass is 32.2. The summed E-state index contributed by atoms with van der Waals surface area (Å²) in [5.74, 6) is 0. The van der Waals surface area contributed by atoms with E-state index in [-0.39, 0.29) is 0 Å². The van der Waals surface area contributed by atoms with Gasteiger partial charge >= 0.3 is 0 Å². The quantitative estimate of drug-likeness (QED) is 0.753. The number of morpholine rings is 1. The van der Waals surface area contributed by atoms with Crippen molar-refractivity contribution in [3.05, 3.63) is 30.1 Å². The van der Waals surface area contributed by atoms with Gasteiger partial charge in [0.25, 0.3) is 10.2 Å². The minimum absolute atomic E-state index is 0.313. The monoisotopic (exact) mass is 314 g/mol. The Kier molecular flexibility index (Phi) is 6.07. The van der Waals surface area contributed by atoms with Gasteiger partial charge in [0.1, 0.15) is 0 Å². The summed E-state index contributed by atoms with van der Waals surface area (Å²) >= 11 is 0. The molecule has 1 aliphatic rings. The van der Waals surface area contributed by atoms with E-state index in [1.54, 1.807) is 18.5 Å². The fourth-order valence-electron chi connectivity index (χ4n) is 2.18. The van der Waals surface area contributed by atoms with Crippen LogP contribution in [0.25, 0.3) is 0 Å². The number of hydrogen-bond acceptors (Lipinski definition) is 5. The molecular formula is C13H22N4O3S. The van der Waals surface area contributed by atoms with E-state index >= 15 is 0 Å². The minimum atomic E-state index is -3.49. The molecule has 2 heterocycles. The molecule has 2 N–H and O–H groups in total. The predicted octanol–water partition coefficient (Wildman–Crippen LogP) is -0.191. The largest absolute Gasteiger partial charge is 0.379 e. The lowest BCUT2D eigenvalue weighted by Gasteiger charge is -2.32. The standard InChI is InChI=1S/C13H22N4O3S/c14-4-2-6-17(12-13-3-1-5-15-11-13)21(18,19)16-7-9-20-10-8-16/h1,3,5,11H,2,4,6-10,12,14H2. The van der Waals surface area contributed by atoms with Crippen LogP contribution in [0.1, 0.15) is 12.0 Å². The summed E-state index contributed by atoms with van der Waals surface area (Å²) in [7, 11) is -3.49. The predicted molar refractivity (Wildman–Crippen MR) is 79.6 cm³/mol. The van der Waals surface area contributed by atoms with Gasteiger partial charge in [0.2, 0.25) is 0 Å². The van der Waals surface area contributed by atoms with E-state index in [9.17, 15) is 8.42 Å².